The Morgan fingerprint density at radius 3 is 2.57 bits per heavy atom. The van der Waals surface area contributed by atoms with E-state index in [9.17, 15) is 4.79 Å². The third-order valence-electron chi connectivity index (χ3n) is 3.18. The molecule has 5 heteroatoms. The van der Waals surface area contributed by atoms with Crippen LogP contribution in [-0.4, -0.2) is 18.1 Å². The molecule has 1 aromatic heterocycles. The maximum Gasteiger partial charge on any atom is 0.358 e. The summed E-state index contributed by atoms with van der Waals surface area (Å²) < 4.78 is 10.7. The van der Waals surface area contributed by atoms with Crippen LogP contribution in [0, 0.1) is 0 Å². The van der Waals surface area contributed by atoms with Gasteiger partial charge in [-0.2, -0.15) is 0 Å². The number of rotatable bonds is 3. The Bertz CT molecular complexity index is 808. The van der Waals surface area contributed by atoms with Crippen LogP contribution in [0.15, 0.2) is 48.5 Å². The number of nitrogens with two attached hydrogens (primary N) is 1. The van der Waals surface area contributed by atoms with E-state index in [1.54, 1.807) is 12.1 Å². The van der Waals surface area contributed by atoms with Gasteiger partial charge in [0.15, 0.2) is 11.4 Å². The van der Waals surface area contributed by atoms with E-state index in [0.717, 1.165) is 10.9 Å². The predicted molar refractivity (Wildman–Crippen MR) is 80.6 cm³/mol. The van der Waals surface area contributed by atoms with Crippen LogP contribution in [0.1, 0.15) is 10.5 Å². The van der Waals surface area contributed by atoms with Crippen LogP contribution in [0.5, 0.6) is 11.5 Å². The highest BCUT2D eigenvalue weighted by atomic mass is 16.5. The number of esters is 1. The first kappa shape index (κ1) is 13.1. The average Bonchev–Trinajstić information content (AvgIpc) is 2.88. The summed E-state index contributed by atoms with van der Waals surface area (Å²) >= 11 is 0. The van der Waals surface area contributed by atoms with Crippen LogP contribution >= 0.6 is 0 Å². The first-order valence-electron chi connectivity index (χ1n) is 6.42. The third kappa shape index (κ3) is 2.29. The SMILES string of the molecule is COC(=O)c1[nH]c2ccccc2c1Oc1ccccc1N. The van der Waals surface area contributed by atoms with Crippen molar-refractivity contribution < 1.29 is 14.3 Å². The van der Waals surface area contributed by atoms with E-state index in [-0.39, 0.29) is 5.69 Å². The molecule has 0 saturated carbocycles. The molecule has 1 heterocycles. The lowest BCUT2D eigenvalue weighted by Gasteiger charge is -2.08. The number of para-hydroxylation sites is 3. The Labute approximate surface area is 121 Å². The number of hydrogen-bond donors (Lipinski definition) is 2. The fourth-order valence-electron chi connectivity index (χ4n) is 2.15. The summed E-state index contributed by atoms with van der Waals surface area (Å²) in [7, 11) is 1.33. The lowest BCUT2D eigenvalue weighted by Crippen LogP contribution is -2.03. The number of anilines is 1. The number of H-pyrrole nitrogens is 1. The van der Waals surface area contributed by atoms with Crippen molar-refractivity contribution in [3.8, 4) is 11.5 Å². The minimum Gasteiger partial charge on any atom is -0.464 e. The van der Waals surface area contributed by atoms with Gasteiger partial charge in [-0.1, -0.05) is 24.3 Å². The standard InChI is InChI=1S/C16H14N2O3/c1-20-16(19)14-15(10-6-2-4-8-12(10)18-14)21-13-9-5-3-7-11(13)17/h2-9,18H,17H2,1H3. The zero-order chi connectivity index (χ0) is 14.8. The summed E-state index contributed by atoms with van der Waals surface area (Å²) in [5.41, 5.74) is 7.45. The molecule has 0 atom stereocenters. The number of hydrogen-bond acceptors (Lipinski definition) is 4. The van der Waals surface area contributed by atoms with E-state index in [1.165, 1.54) is 7.11 Å². The Kier molecular flexibility index (Phi) is 3.23. The first-order chi connectivity index (χ1) is 10.2. The number of carbonyl (C=O) groups is 1. The minimum atomic E-state index is -0.490. The second-order valence-electron chi connectivity index (χ2n) is 4.51. The molecule has 2 aromatic carbocycles. The van der Waals surface area contributed by atoms with Gasteiger partial charge in [-0.05, 0) is 24.3 Å². The van der Waals surface area contributed by atoms with Gasteiger partial charge in [-0.3, -0.25) is 0 Å². The zero-order valence-electron chi connectivity index (χ0n) is 11.4. The van der Waals surface area contributed by atoms with Gasteiger partial charge < -0.3 is 20.2 Å². The number of aromatic amines is 1. The smallest absolute Gasteiger partial charge is 0.358 e. The summed E-state index contributed by atoms with van der Waals surface area (Å²) in [4.78, 5) is 14.9. The van der Waals surface area contributed by atoms with Crippen LogP contribution < -0.4 is 10.5 Å². The van der Waals surface area contributed by atoms with E-state index in [1.807, 2.05) is 36.4 Å². The molecule has 3 N–H and O–H groups in total. The largest absolute Gasteiger partial charge is 0.464 e. The molecule has 21 heavy (non-hydrogen) atoms. The van der Waals surface area contributed by atoms with Crippen molar-refractivity contribution in [3.05, 3.63) is 54.2 Å². The molecule has 3 aromatic rings. The highest BCUT2D eigenvalue weighted by Crippen LogP contribution is 2.36. The van der Waals surface area contributed by atoms with E-state index in [4.69, 9.17) is 15.2 Å². The van der Waals surface area contributed by atoms with Crippen LogP contribution in [0.2, 0.25) is 0 Å². The van der Waals surface area contributed by atoms with Crippen molar-refractivity contribution in [2.24, 2.45) is 0 Å². The second kappa shape index (κ2) is 5.20. The van der Waals surface area contributed by atoms with Gasteiger partial charge in [0, 0.05) is 10.9 Å². The van der Waals surface area contributed by atoms with Crippen LogP contribution in [0.4, 0.5) is 5.69 Å². The Morgan fingerprint density at radius 2 is 1.81 bits per heavy atom. The quantitative estimate of drug-likeness (QED) is 0.570. The average molecular weight is 282 g/mol. The summed E-state index contributed by atoms with van der Waals surface area (Å²) in [6.07, 6.45) is 0. The van der Waals surface area contributed by atoms with Gasteiger partial charge in [0.1, 0.15) is 5.75 Å². The fourth-order valence-corrected chi connectivity index (χ4v) is 2.15. The molecule has 0 aliphatic heterocycles. The summed E-state index contributed by atoms with van der Waals surface area (Å²) in [5.74, 6) is 0.415. The Morgan fingerprint density at radius 1 is 1.10 bits per heavy atom. The Hall–Kier alpha value is -2.95. The maximum absolute atomic E-state index is 11.9. The molecule has 0 radical (unpaired) electrons. The molecule has 0 aliphatic rings. The highest BCUT2D eigenvalue weighted by Gasteiger charge is 2.20. The number of nitrogens with one attached hydrogen (secondary N) is 1. The molecule has 0 saturated heterocycles. The molecule has 0 spiro atoms. The van der Waals surface area contributed by atoms with Gasteiger partial charge in [0.25, 0.3) is 0 Å². The summed E-state index contributed by atoms with van der Waals surface area (Å²) in [6.45, 7) is 0. The van der Waals surface area contributed by atoms with Crippen LogP contribution in [0.25, 0.3) is 10.9 Å². The van der Waals surface area contributed by atoms with E-state index in [2.05, 4.69) is 4.98 Å². The molecule has 0 aliphatic carbocycles. The first-order valence-corrected chi connectivity index (χ1v) is 6.42. The topological polar surface area (TPSA) is 77.3 Å². The molecule has 0 amide bonds. The number of aromatic nitrogens is 1. The minimum absolute atomic E-state index is 0.266. The third-order valence-corrected chi connectivity index (χ3v) is 3.18. The van der Waals surface area contributed by atoms with Crippen molar-refractivity contribution in [1.82, 2.24) is 4.98 Å². The van der Waals surface area contributed by atoms with Gasteiger partial charge in [-0.15, -0.1) is 0 Å². The molecule has 5 nitrogen and oxygen atoms in total. The number of fused-ring (bicyclic) bond motifs is 1. The monoisotopic (exact) mass is 282 g/mol. The number of carbonyl (C=O) groups excluding carboxylic acids is 1. The number of ether oxygens (including phenoxy) is 2. The van der Waals surface area contributed by atoms with Crippen molar-refractivity contribution in [2.75, 3.05) is 12.8 Å². The van der Waals surface area contributed by atoms with Gasteiger partial charge >= 0.3 is 5.97 Å². The maximum atomic E-state index is 11.9. The molecule has 0 fully saturated rings. The van der Waals surface area contributed by atoms with Crippen LogP contribution in [-0.2, 0) is 4.74 Å². The molecule has 0 bridgehead atoms. The number of methoxy groups -OCH3 is 1. The van der Waals surface area contributed by atoms with E-state index < -0.39 is 5.97 Å². The van der Waals surface area contributed by atoms with Crippen molar-refractivity contribution in [1.29, 1.82) is 0 Å². The summed E-state index contributed by atoms with van der Waals surface area (Å²) in [6, 6.07) is 14.6. The lowest BCUT2D eigenvalue weighted by atomic mass is 10.2. The van der Waals surface area contributed by atoms with E-state index in [0.29, 0.717) is 17.2 Å². The highest BCUT2D eigenvalue weighted by molar-refractivity contribution is 6.01. The molecule has 0 unspecified atom stereocenters. The second-order valence-corrected chi connectivity index (χ2v) is 4.51. The Balaban J connectivity index is 2.15. The molecule has 106 valence electrons. The molecular formula is C16H14N2O3. The van der Waals surface area contributed by atoms with Gasteiger partial charge in [-0.25, -0.2) is 4.79 Å². The number of nitrogen functional groups attached to an aromatic ring is 1. The van der Waals surface area contributed by atoms with Gasteiger partial charge in [0.05, 0.1) is 12.8 Å². The van der Waals surface area contributed by atoms with E-state index >= 15 is 0 Å². The van der Waals surface area contributed by atoms with Crippen molar-refractivity contribution in [3.63, 3.8) is 0 Å². The van der Waals surface area contributed by atoms with Crippen molar-refractivity contribution >= 4 is 22.6 Å². The zero-order valence-corrected chi connectivity index (χ0v) is 11.4. The molecule has 3 rings (SSSR count). The van der Waals surface area contributed by atoms with Crippen molar-refractivity contribution in [2.45, 2.75) is 0 Å². The van der Waals surface area contributed by atoms with Gasteiger partial charge in [0.2, 0.25) is 0 Å². The lowest BCUT2D eigenvalue weighted by molar-refractivity contribution is 0.0592. The molecular weight excluding hydrogens is 268 g/mol. The van der Waals surface area contributed by atoms with Crippen LogP contribution in [0.3, 0.4) is 0 Å². The fraction of sp³-hybridized carbons (Fsp3) is 0.0625. The summed E-state index contributed by atoms with van der Waals surface area (Å²) in [5, 5.41) is 0.793. The normalized spacial score (nSPS) is 10.5. The predicted octanol–water partition coefficient (Wildman–Crippen LogP) is 3.33. The number of benzene rings is 2.